The van der Waals surface area contributed by atoms with Crippen molar-refractivity contribution >= 4 is 29.4 Å². The van der Waals surface area contributed by atoms with E-state index >= 15 is 0 Å². The molecule has 0 aliphatic rings. The molecule has 0 unspecified atom stereocenters. The fraction of sp³-hybridized carbons (Fsp3) is 0.176. The highest BCUT2D eigenvalue weighted by molar-refractivity contribution is 6.32. The van der Waals surface area contributed by atoms with E-state index in [4.69, 9.17) is 21.1 Å². The molecule has 0 saturated heterocycles. The van der Waals surface area contributed by atoms with E-state index in [-0.39, 0.29) is 5.91 Å². The number of rotatable bonds is 5. The first-order valence-electron chi connectivity index (χ1n) is 6.86. The molecule has 6 heteroatoms. The third-order valence-electron chi connectivity index (χ3n) is 3.05. The van der Waals surface area contributed by atoms with Crippen molar-refractivity contribution in [3.8, 4) is 11.5 Å². The predicted octanol–water partition coefficient (Wildman–Crippen LogP) is 3.71. The van der Waals surface area contributed by atoms with Gasteiger partial charge in [-0.05, 0) is 42.3 Å². The molecule has 1 heterocycles. The van der Waals surface area contributed by atoms with Gasteiger partial charge in [0.1, 0.15) is 5.82 Å². The van der Waals surface area contributed by atoms with Crippen molar-refractivity contribution in [1.29, 1.82) is 0 Å². The first kappa shape index (κ1) is 16.8. The van der Waals surface area contributed by atoms with Gasteiger partial charge in [0.2, 0.25) is 5.91 Å². The van der Waals surface area contributed by atoms with E-state index in [1.165, 1.54) is 20.3 Å². The molecule has 23 heavy (non-hydrogen) atoms. The second kappa shape index (κ2) is 7.65. The Bertz CT molecular complexity index is 727. The maximum Gasteiger partial charge on any atom is 0.249 e. The Hall–Kier alpha value is -2.53. The molecule has 0 fully saturated rings. The standard InChI is InChI=1S/C17H17ClN2O3/c1-11-4-6-15(19-10-11)20-16(21)7-5-12-8-13(18)17(23-3)14(9-12)22-2/h4-10H,1-3H3,(H,19,20,21)/b7-5+. The maximum absolute atomic E-state index is 11.9. The van der Waals surface area contributed by atoms with Gasteiger partial charge in [0.15, 0.2) is 11.5 Å². The van der Waals surface area contributed by atoms with Crippen molar-refractivity contribution in [1.82, 2.24) is 4.98 Å². The number of methoxy groups -OCH3 is 2. The van der Waals surface area contributed by atoms with Gasteiger partial charge in [-0.25, -0.2) is 4.98 Å². The summed E-state index contributed by atoms with van der Waals surface area (Å²) >= 11 is 6.12. The number of ether oxygens (including phenoxy) is 2. The highest BCUT2D eigenvalue weighted by Gasteiger charge is 2.09. The van der Waals surface area contributed by atoms with Crippen LogP contribution in [0.5, 0.6) is 11.5 Å². The lowest BCUT2D eigenvalue weighted by molar-refractivity contribution is -0.111. The van der Waals surface area contributed by atoms with E-state index < -0.39 is 0 Å². The lowest BCUT2D eigenvalue weighted by Gasteiger charge is -2.10. The second-order valence-electron chi connectivity index (χ2n) is 4.78. The normalized spacial score (nSPS) is 10.6. The SMILES string of the molecule is COc1cc(/C=C/C(=O)Nc2ccc(C)cn2)cc(Cl)c1OC. The Morgan fingerprint density at radius 1 is 1.26 bits per heavy atom. The highest BCUT2D eigenvalue weighted by Crippen LogP contribution is 2.36. The predicted molar refractivity (Wildman–Crippen MR) is 91.2 cm³/mol. The van der Waals surface area contributed by atoms with Crippen molar-refractivity contribution < 1.29 is 14.3 Å². The summed E-state index contributed by atoms with van der Waals surface area (Å²) in [6.07, 6.45) is 4.73. The van der Waals surface area contributed by atoms with Crippen LogP contribution in [0, 0.1) is 6.92 Å². The van der Waals surface area contributed by atoms with E-state index in [1.807, 2.05) is 13.0 Å². The van der Waals surface area contributed by atoms with Crippen LogP contribution in [-0.2, 0) is 4.79 Å². The Morgan fingerprint density at radius 3 is 2.65 bits per heavy atom. The number of halogens is 1. The van der Waals surface area contributed by atoms with E-state index in [0.717, 1.165) is 11.1 Å². The quantitative estimate of drug-likeness (QED) is 0.848. The van der Waals surface area contributed by atoms with Crippen LogP contribution in [-0.4, -0.2) is 25.1 Å². The number of anilines is 1. The smallest absolute Gasteiger partial charge is 0.249 e. The lowest BCUT2D eigenvalue weighted by atomic mass is 10.2. The summed E-state index contributed by atoms with van der Waals surface area (Å²) in [6, 6.07) is 7.05. The van der Waals surface area contributed by atoms with Crippen molar-refractivity contribution in [2.45, 2.75) is 6.92 Å². The molecule has 0 aliphatic carbocycles. The van der Waals surface area contributed by atoms with Gasteiger partial charge in [0.25, 0.3) is 0 Å². The minimum absolute atomic E-state index is 0.285. The van der Waals surface area contributed by atoms with E-state index in [2.05, 4.69) is 10.3 Å². The van der Waals surface area contributed by atoms with Crippen molar-refractivity contribution in [3.05, 3.63) is 52.7 Å². The van der Waals surface area contributed by atoms with Crippen molar-refractivity contribution in [3.63, 3.8) is 0 Å². The van der Waals surface area contributed by atoms with Crippen LogP contribution >= 0.6 is 11.6 Å². The molecule has 1 amide bonds. The summed E-state index contributed by atoms with van der Waals surface area (Å²) in [5.41, 5.74) is 1.75. The number of amides is 1. The molecular formula is C17H17ClN2O3. The van der Waals surface area contributed by atoms with Crippen LogP contribution in [0.4, 0.5) is 5.82 Å². The number of carbonyl (C=O) groups is 1. The number of hydrogen-bond donors (Lipinski definition) is 1. The van der Waals surface area contributed by atoms with E-state index in [0.29, 0.717) is 22.3 Å². The van der Waals surface area contributed by atoms with E-state index in [9.17, 15) is 4.79 Å². The summed E-state index contributed by atoms with van der Waals surface area (Å²) in [5, 5.41) is 3.09. The monoisotopic (exact) mass is 332 g/mol. The van der Waals surface area contributed by atoms with Crippen LogP contribution in [0.15, 0.2) is 36.5 Å². The fourth-order valence-electron chi connectivity index (χ4n) is 1.92. The number of nitrogens with one attached hydrogen (secondary N) is 1. The van der Waals surface area contributed by atoms with Crippen LogP contribution in [0.1, 0.15) is 11.1 Å². The van der Waals surface area contributed by atoms with Crippen LogP contribution in [0.3, 0.4) is 0 Å². The van der Waals surface area contributed by atoms with Crippen LogP contribution < -0.4 is 14.8 Å². The van der Waals surface area contributed by atoms with Gasteiger partial charge in [-0.1, -0.05) is 17.7 Å². The molecular weight excluding hydrogens is 316 g/mol. The fourth-order valence-corrected chi connectivity index (χ4v) is 2.21. The molecule has 0 atom stereocenters. The first-order chi connectivity index (χ1) is 11.0. The number of nitrogens with zero attached hydrogens (tertiary/aromatic N) is 1. The van der Waals surface area contributed by atoms with Gasteiger partial charge in [0.05, 0.1) is 19.2 Å². The van der Waals surface area contributed by atoms with Crippen LogP contribution in [0.25, 0.3) is 6.08 Å². The minimum atomic E-state index is -0.285. The summed E-state index contributed by atoms with van der Waals surface area (Å²) in [4.78, 5) is 16.0. The number of aromatic nitrogens is 1. The first-order valence-corrected chi connectivity index (χ1v) is 7.24. The number of hydrogen-bond acceptors (Lipinski definition) is 4. The molecule has 1 aromatic heterocycles. The molecule has 120 valence electrons. The molecule has 0 spiro atoms. The van der Waals surface area contributed by atoms with Gasteiger partial charge in [-0.15, -0.1) is 0 Å². The molecule has 2 rings (SSSR count). The molecule has 0 aliphatic heterocycles. The zero-order valence-corrected chi connectivity index (χ0v) is 13.8. The molecule has 0 bridgehead atoms. The number of pyridine rings is 1. The summed E-state index contributed by atoms with van der Waals surface area (Å²) < 4.78 is 10.4. The second-order valence-corrected chi connectivity index (χ2v) is 5.19. The van der Waals surface area contributed by atoms with Gasteiger partial charge in [-0.3, -0.25) is 4.79 Å². The number of carbonyl (C=O) groups excluding carboxylic acids is 1. The Kier molecular flexibility index (Phi) is 5.60. The van der Waals surface area contributed by atoms with Crippen molar-refractivity contribution in [2.24, 2.45) is 0 Å². The molecule has 0 saturated carbocycles. The largest absolute Gasteiger partial charge is 0.493 e. The van der Waals surface area contributed by atoms with E-state index in [1.54, 1.807) is 30.5 Å². The molecule has 1 aromatic carbocycles. The van der Waals surface area contributed by atoms with Gasteiger partial charge in [-0.2, -0.15) is 0 Å². The summed E-state index contributed by atoms with van der Waals surface area (Å²) in [5.74, 6) is 1.17. The Labute approximate surface area is 139 Å². The number of aryl methyl sites for hydroxylation is 1. The topological polar surface area (TPSA) is 60.5 Å². The average molecular weight is 333 g/mol. The molecule has 0 radical (unpaired) electrons. The van der Waals surface area contributed by atoms with Gasteiger partial charge < -0.3 is 14.8 Å². The van der Waals surface area contributed by atoms with Gasteiger partial charge in [0, 0.05) is 12.3 Å². The molecule has 1 N–H and O–H groups in total. The maximum atomic E-state index is 11.9. The van der Waals surface area contributed by atoms with Gasteiger partial charge >= 0.3 is 0 Å². The molecule has 2 aromatic rings. The Balaban J connectivity index is 2.11. The Morgan fingerprint density at radius 2 is 2.04 bits per heavy atom. The molecule has 5 nitrogen and oxygen atoms in total. The lowest BCUT2D eigenvalue weighted by Crippen LogP contribution is -2.08. The van der Waals surface area contributed by atoms with Crippen molar-refractivity contribution in [2.75, 3.05) is 19.5 Å². The zero-order chi connectivity index (χ0) is 16.8. The summed E-state index contributed by atoms with van der Waals surface area (Å²) in [7, 11) is 3.04. The summed E-state index contributed by atoms with van der Waals surface area (Å²) in [6.45, 7) is 1.93. The zero-order valence-electron chi connectivity index (χ0n) is 13.1. The highest BCUT2D eigenvalue weighted by atomic mass is 35.5. The number of benzene rings is 1. The third-order valence-corrected chi connectivity index (χ3v) is 3.33. The van der Waals surface area contributed by atoms with Crippen LogP contribution in [0.2, 0.25) is 5.02 Å². The average Bonchev–Trinajstić information content (AvgIpc) is 2.54. The third kappa shape index (κ3) is 4.47. The minimum Gasteiger partial charge on any atom is -0.493 e.